The molecule has 2 aliphatic heterocycles. The zero-order valence-electron chi connectivity index (χ0n) is 16.0. The summed E-state index contributed by atoms with van der Waals surface area (Å²) < 4.78 is 11.5. The van der Waals surface area contributed by atoms with Crippen LogP contribution in [0.4, 0.5) is 0 Å². The first kappa shape index (κ1) is 18.6. The lowest BCUT2D eigenvalue weighted by Gasteiger charge is -2.35. The van der Waals surface area contributed by atoms with Crippen LogP contribution in [0.3, 0.4) is 0 Å². The molecule has 1 aromatic heterocycles. The summed E-state index contributed by atoms with van der Waals surface area (Å²) in [6.07, 6.45) is 4.97. The van der Waals surface area contributed by atoms with Crippen LogP contribution >= 0.6 is 0 Å². The summed E-state index contributed by atoms with van der Waals surface area (Å²) in [5.74, 6) is 2.01. The minimum absolute atomic E-state index is 0.0295. The molecule has 2 saturated heterocycles. The van der Waals surface area contributed by atoms with E-state index in [-0.39, 0.29) is 5.41 Å². The summed E-state index contributed by atoms with van der Waals surface area (Å²) in [7, 11) is 0. The Kier molecular flexibility index (Phi) is 6.29. The van der Waals surface area contributed by atoms with Gasteiger partial charge >= 0.3 is 0 Å². The van der Waals surface area contributed by atoms with E-state index in [4.69, 9.17) is 9.47 Å². The van der Waals surface area contributed by atoms with Crippen LogP contribution in [0.1, 0.15) is 52.1 Å². The topological polar surface area (TPSA) is 47.5 Å². The molecule has 140 valence electrons. The Morgan fingerprint density at radius 1 is 1.12 bits per heavy atom. The number of hydrogen-bond acceptors (Lipinski definition) is 5. The van der Waals surface area contributed by atoms with Crippen LogP contribution in [0.15, 0.2) is 12.1 Å². The highest BCUT2D eigenvalue weighted by atomic mass is 16.5. The van der Waals surface area contributed by atoms with E-state index in [0.717, 1.165) is 31.4 Å². The first-order chi connectivity index (χ1) is 12.0. The first-order valence-electron chi connectivity index (χ1n) is 9.78. The molecule has 5 heteroatoms. The molecule has 0 radical (unpaired) electrons. The van der Waals surface area contributed by atoms with E-state index in [1.807, 2.05) is 12.1 Å². The molecular formula is C20H33N3O2. The Morgan fingerprint density at radius 3 is 2.52 bits per heavy atom. The highest BCUT2D eigenvalue weighted by Gasteiger charge is 2.23. The lowest BCUT2D eigenvalue weighted by Crippen LogP contribution is -2.40. The van der Waals surface area contributed by atoms with Crippen molar-refractivity contribution >= 4 is 0 Å². The predicted molar refractivity (Wildman–Crippen MR) is 98.9 cm³/mol. The van der Waals surface area contributed by atoms with Crippen LogP contribution in [-0.2, 0) is 10.2 Å². The second-order valence-electron chi connectivity index (χ2n) is 8.64. The maximum absolute atomic E-state index is 5.89. The smallest absolute Gasteiger partial charge is 0.233 e. The van der Waals surface area contributed by atoms with E-state index in [1.54, 1.807) is 0 Å². The molecule has 0 spiro atoms. The number of ether oxygens (including phenoxy) is 2. The third kappa shape index (κ3) is 5.65. The second kappa shape index (κ2) is 8.45. The second-order valence-corrected chi connectivity index (χ2v) is 8.64. The molecule has 5 nitrogen and oxygen atoms in total. The Hall–Kier alpha value is -1.20. The lowest BCUT2D eigenvalue weighted by atomic mass is 9.92. The number of piperidine rings is 1. The van der Waals surface area contributed by atoms with Gasteiger partial charge in [0.1, 0.15) is 0 Å². The van der Waals surface area contributed by atoms with Gasteiger partial charge in [-0.3, -0.25) is 0 Å². The monoisotopic (exact) mass is 347 g/mol. The van der Waals surface area contributed by atoms with Crippen molar-refractivity contribution in [1.29, 1.82) is 0 Å². The summed E-state index contributed by atoms with van der Waals surface area (Å²) in [6.45, 7) is 12.7. The standard InChI is InChI=1S/C20H33N3O2/c1-20(2,3)18-6-7-19(22-21-18)25-15-16-8-10-23(11-9-16)13-17-5-4-12-24-14-17/h6-7,16-17H,4-5,8-15H2,1-3H3. The van der Waals surface area contributed by atoms with Crippen molar-refractivity contribution < 1.29 is 9.47 Å². The molecule has 2 aliphatic rings. The van der Waals surface area contributed by atoms with E-state index in [0.29, 0.717) is 11.8 Å². The first-order valence-corrected chi connectivity index (χ1v) is 9.78. The van der Waals surface area contributed by atoms with Gasteiger partial charge < -0.3 is 14.4 Å². The van der Waals surface area contributed by atoms with Crippen molar-refractivity contribution in [2.45, 2.75) is 51.9 Å². The average Bonchev–Trinajstić information content (AvgIpc) is 2.62. The number of hydrogen-bond donors (Lipinski definition) is 0. The molecular weight excluding hydrogens is 314 g/mol. The summed E-state index contributed by atoms with van der Waals surface area (Å²) in [6, 6.07) is 3.98. The van der Waals surface area contributed by atoms with Gasteiger partial charge in [0.05, 0.1) is 18.9 Å². The highest BCUT2D eigenvalue weighted by Crippen LogP contribution is 2.23. The molecule has 0 aliphatic carbocycles. The van der Waals surface area contributed by atoms with Crippen molar-refractivity contribution in [3.05, 3.63) is 17.8 Å². The van der Waals surface area contributed by atoms with E-state index in [1.165, 1.54) is 45.3 Å². The largest absolute Gasteiger partial charge is 0.476 e. The molecule has 25 heavy (non-hydrogen) atoms. The van der Waals surface area contributed by atoms with Gasteiger partial charge in [-0.1, -0.05) is 20.8 Å². The zero-order chi connectivity index (χ0) is 17.7. The molecule has 1 unspecified atom stereocenters. The van der Waals surface area contributed by atoms with E-state index < -0.39 is 0 Å². The Bertz CT molecular complexity index is 513. The van der Waals surface area contributed by atoms with Gasteiger partial charge in [-0.05, 0) is 56.7 Å². The maximum Gasteiger partial charge on any atom is 0.233 e. The Balaban J connectivity index is 1.37. The van der Waals surface area contributed by atoms with E-state index in [9.17, 15) is 0 Å². The van der Waals surface area contributed by atoms with Crippen LogP contribution in [0.5, 0.6) is 5.88 Å². The van der Waals surface area contributed by atoms with Crippen LogP contribution in [-0.4, -0.2) is 54.6 Å². The predicted octanol–water partition coefficient (Wildman–Crippen LogP) is 3.29. The molecule has 1 atom stereocenters. The number of rotatable bonds is 5. The normalized spacial score (nSPS) is 23.6. The minimum Gasteiger partial charge on any atom is -0.476 e. The third-order valence-corrected chi connectivity index (χ3v) is 5.35. The average molecular weight is 348 g/mol. The molecule has 3 rings (SSSR count). The zero-order valence-corrected chi connectivity index (χ0v) is 16.0. The number of nitrogens with zero attached hydrogens (tertiary/aromatic N) is 3. The van der Waals surface area contributed by atoms with E-state index in [2.05, 4.69) is 35.9 Å². The molecule has 0 bridgehead atoms. The molecule has 2 fully saturated rings. The van der Waals surface area contributed by atoms with Gasteiger partial charge in [-0.15, -0.1) is 5.10 Å². The lowest BCUT2D eigenvalue weighted by molar-refractivity contribution is 0.0306. The number of aromatic nitrogens is 2. The highest BCUT2D eigenvalue weighted by molar-refractivity contribution is 5.16. The fraction of sp³-hybridized carbons (Fsp3) is 0.800. The van der Waals surface area contributed by atoms with Gasteiger partial charge in [0.15, 0.2) is 0 Å². The van der Waals surface area contributed by atoms with Gasteiger partial charge in [0.25, 0.3) is 0 Å². The summed E-state index contributed by atoms with van der Waals surface area (Å²) >= 11 is 0. The van der Waals surface area contributed by atoms with Crippen molar-refractivity contribution in [3.8, 4) is 5.88 Å². The molecule has 3 heterocycles. The van der Waals surface area contributed by atoms with Crippen LogP contribution < -0.4 is 4.74 Å². The fourth-order valence-electron chi connectivity index (χ4n) is 3.65. The quantitative estimate of drug-likeness (QED) is 0.818. The Labute approximate surface area is 152 Å². The summed E-state index contributed by atoms with van der Waals surface area (Å²) in [4.78, 5) is 2.60. The summed E-state index contributed by atoms with van der Waals surface area (Å²) in [5, 5.41) is 8.52. The molecule has 0 amide bonds. The van der Waals surface area contributed by atoms with Gasteiger partial charge in [-0.25, -0.2) is 0 Å². The van der Waals surface area contributed by atoms with Crippen LogP contribution in [0.25, 0.3) is 0 Å². The number of likely N-dealkylation sites (tertiary alicyclic amines) is 1. The van der Waals surface area contributed by atoms with Crippen molar-refractivity contribution in [3.63, 3.8) is 0 Å². The van der Waals surface area contributed by atoms with Crippen molar-refractivity contribution in [2.75, 3.05) is 39.5 Å². The van der Waals surface area contributed by atoms with Crippen LogP contribution in [0, 0.1) is 11.8 Å². The van der Waals surface area contributed by atoms with Crippen LogP contribution in [0.2, 0.25) is 0 Å². The Morgan fingerprint density at radius 2 is 1.92 bits per heavy atom. The van der Waals surface area contributed by atoms with Gasteiger partial charge in [0.2, 0.25) is 5.88 Å². The van der Waals surface area contributed by atoms with E-state index >= 15 is 0 Å². The molecule has 1 aromatic rings. The summed E-state index contributed by atoms with van der Waals surface area (Å²) in [5.41, 5.74) is 1.03. The third-order valence-electron chi connectivity index (χ3n) is 5.35. The van der Waals surface area contributed by atoms with Crippen molar-refractivity contribution in [1.82, 2.24) is 15.1 Å². The maximum atomic E-state index is 5.89. The fourth-order valence-corrected chi connectivity index (χ4v) is 3.65. The van der Waals surface area contributed by atoms with Gasteiger partial charge in [-0.2, -0.15) is 5.10 Å². The van der Waals surface area contributed by atoms with Crippen molar-refractivity contribution in [2.24, 2.45) is 11.8 Å². The molecule has 0 aromatic carbocycles. The van der Waals surface area contributed by atoms with Gasteiger partial charge in [0, 0.05) is 24.6 Å². The molecule has 0 N–H and O–H groups in total. The molecule has 0 saturated carbocycles. The minimum atomic E-state index is 0.0295. The SMILES string of the molecule is CC(C)(C)c1ccc(OCC2CCN(CC3CCCOC3)CC2)nn1.